The van der Waals surface area contributed by atoms with E-state index in [0.29, 0.717) is 33.4 Å². The maximum absolute atomic E-state index is 14.6. The largest absolute Gasteiger partial charge is 0.417 e. The van der Waals surface area contributed by atoms with Crippen molar-refractivity contribution >= 4 is 33.3 Å². The summed E-state index contributed by atoms with van der Waals surface area (Å²) >= 11 is 1.26. The van der Waals surface area contributed by atoms with Crippen LogP contribution in [0.3, 0.4) is 0 Å². The topological polar surface area (TPSA) is 80.9 Å². The number of aryl methyl sites for hydroxylation is 2. The summed E-state index contributed by atoms with van der Waals surface area (Å²) in [4.78, 5) is 24.9. The van der Waals surface area contributed by atoms with E-state index in [1.165, 1.54) is 33.8 Å². The average molecular weight is 634 g/mol. The molecule has 0 radical (unpaired) electrons. The number of likely N-dealkylation sites (tertiary alicyclic amines) is 1. The molecule has 0 saturated carbocycles. The molecule has 2 aromatic carbocycles. The van der Waals surface area contributed by atoms with Crippen molar-refractivity contribution in [1.29, 1.82) is 0 Å². The SMILES string of the molecule is CCN1CCC(c2ccc(-c3cc(C(F)(F)F)c4cn(C(C(=O)Nc5nccs5)c5ncn6c5CCC6)nc4c3C)cc2)CC1. The van der Waals surface area contributed by atoms with Crippen LogP contribution < -0.4 is 5.32 Å². The molecule has 1 atom stereocenters. The molecule has 12 heteroatoms. The lowest BCUT2D eigenvalue weighted by atomic mass is 9.87. The van der Waals surface area contributed by atoms with Crippen LogP contribution in [0.15, 0.2) is 54.4 Å². The van der Waals surface area contributed by atoms with Gasteiger partial charge in [-0.25, -0.2) is 9.97 Å². The lowest BCUT2D eigenvalue weighted by Gasteiger charge is -2.31. The van der Waals surface area contributed by atoms with Crippen molar-refractivity contribution in [1.82, 2.24) is 29.2 Å². The second-order valence-corrected chi connectivity index (χ2v) is 12.8. The number of imidazole rings is 1. The highest BCUT2D eigenvalue weighted by atomic mass is 32.1. The van der Waals surface area contributed by atoms with E-state index >= 15 is 0 Å². The highest BCUT2D eigenvalue weighted by molar-refractivity contribution is 7.13. The normalized spacial score (nSPS) is 16.7. The first-order chi connectivity index (χ1) is 21.7. The van der Waals surface area contributed by atoms with Crippen LogP contribution in [0.2, 0.25) is 0 Å². The fourth-order valence-corrected chi connectivity index (χ4v) is 7.40. The van der Waals surface area contributed by atoms with E-state index in [4.69, 9.17) is 5.10 Å². The van der Waals surface area contributed by atoms with Crippen molar-refractivity contribution in [3.05, 3.63) is 82.5 Å². The average Bonchev–Trinajstić information content (AvgIpc) is 3.84. The first-order valence-electron chi connectivity index (χ1n) is 15.4. The summed E-state index contributed by atoms with van der Waals surface area (Å²) in [7, 11) is 0. The molecule has 5 heterocycles. The molecular formula is C33H34F3N7OS. The van der Waals surface area contributed by atoms with Crippen LogP contribution in [0, 0.1) is 6.92 Å². The van der Waals surface area contributed by atoms with Crippen LogP contribution in [0.4, 0.5) is 18.3 Å². The van der Waals surface area contributed by atoms with Crippen molar-refractivity contribution < 1.29 is 18.0 Å². The van der Waals surface area contributed by atoms with E-state index in [1.807, 2.05) is 16.7 Å². The number of anilines is 1. The molecule has 7 rings (SSSR count). The maximum Gasteiger partial charge on any atom is 0.417 e. The van der Waals surface area contributed by atoms with Gasteiger partial charge in [0.15, 0.2) is 11.2 Å². The molecule has 3 aromatic heterocycles. The van der Waals surface area contributed by atoms with Gasteiger partial charge < -0.3 is 9.47 Å². The number of rotatable bonds is 7. The predicted octanol–water partition coefficient (Wildman–Crippen LogP) is 7.06. The molecular weight excluding hydrogens is 599 g/mol. The summed E-state index contributed by atoms with van der Waals surface area (Å²) in [6.45, 7) is 7.91. The Morgan fingerprint density at radius 1 is 1.13 bits per heavy atom. The number of alkyl halides is 3. The number of nitrogens with zero attached hydrogens (tertiary/aromatic N) is 6. The summed E-state index contributed by atoms with van der Waals surface area (Å²) in [6.07, 6.45) is 3.76. The number of carbonyl (C=O) groups is 1. The summed E-state index contributed by atoms with van der Waals surface area (Å²) in [6, 6.07) is 8.09. The van der Waals surface area contributed by atoms with Crippen molar-refractivity contribution in [2.75, 3.05) is 25.0 Å². The third kappa shape index (κ3) is 5.54. The molecule has 1 saturated heterocycles. The van der Waals surface area contributed by atoms with Crippen molar-refractivity contribution in [3.8, 4) is 11.1 Å². The van der Waals surface area contributed by atoms with Crippen LogP contribution in [0.5, 0.6) is 0 Å². The number of hydrogen-bond donors (Lipinski definition) is 1. The van der Waals surface area contributed by atoms with Gasteiger partial charge in [0.1, 0.15) is 0 Å². The Balaban J connectivity index is 1.30. The molecule has 1 N–H and O–H groups in total. The van der Waals surface area contributed by atoms with Gasteiger partial charge in [0, 0.05) is 35.4 Å². The van der Waals surface area contributed by atoms with Gasteiger partial charge in [0.05, 0.1) is 23.1 Å². The molecule has 1 unspecified atom stereocenters. The minimum atomic E-state index is -4.63. The summed E-state index contributed by atoms with van der Waals surface area (Å²) < 4.78 is 47.3. The zero-order valence-corrected chi connectivity index (χ0v) is 26.0. The van der Waals surface area contributed by atoms with Crippen LogP contribution in [0.1, 0.15) is 66.2 Å². The quantitative estimate of drug-likeness (QED) is 0.208. The Bertz CT molecular complexity index is 1830. The number of benzene rings is 2. The molecule has 2 aliphatic rings. The molecule has 5 aromatic rings. The minimum Gasteiger partial charge on any atom is -0.334 e. The van der Waals surface area contributed by atoms with Crippen molar-refractivity contribution in [2.45, 2.75) is 64.2 Å². The maximum atomic E-state index is 14.6. The number of nitrogens with one attached hydrogen (secondary N) is 1. The number of halogens is 3. The Labute approximate surface area is 262 Å². The number of fused-ring (bicyclic) bond motifs is 2. The molecule has 0 spiro atoms. The fraction of sp³-hybridized carbons (Fsp3) is 0.394. The van der Waals surface area contributed by atoms with E-state index in [2.05, 4.69) is 39.2 Å². The Hall–Kier alpha value is -4.03. The van der Waals surface area contributed by atoms with E-state index in [0.717, 1.165) is 57.6 Å². The van der Waals surface area contributed by atoms with Crippen LogP contribution in [-0.2, 0) is 23.9 Å². The van der Waals surface area contributed by atoms with Gasteiger partial charge in [-0.05, 0) is 86.5 Å². The molecule has 234 valence electrons. The van der Waals surface area contributed by atoms with Crippen LogP contribution in [0.25, 0.3) is 22.0 Å². The van der Waals surface area contributed by atoms with E-state index < -0.39 is 23.7 Å². The monoisotopic (exact) mass is 633 g/mol. The summed E-state index contributed by atoms with van der Waals surface area (Å²) in [5.74, 6) is -0.0123. The Morgan fingerprint density at radius 2 is 1.91 bits per heavy atom. The van der Waals surface area contributed by atoms with E-state index in [-0.39, 0.29) is 10.9 Å². The van der Waals surface area contributed by atoms with Crippen molar-refractivity contribution in [2.24, 2.45) is 0 Å². The zero-order valence-electron chi connectivity index (χ0n) is 25.1. The van der Waals surface area contributed by atoms with Gasteiger partial charge in [-0.1, -0.05) is 31.2 Å². The molecule has 1 amide bonds. The van der Waals surface area contributed by atoms with Gasteiger partial charge in [-0.2, -0.15) is 18.3 Å². The van der Waals surface area contributed by atoms with Gasteiger partial charge in [-0.3, -0.25) is 14.8 Å². The lowest BCUT2D eigenvalue weighted by Crippen LogP contribution is -2.32. The van der Waals surface area contributed by atoms with Crippen LogP contribution >= 0.6 is 11.3 Å². The summed E-state index contributed by atoms with van der Waals surface area (Å²) in [5, 5.41) is 9.59. The molecule has 0 aliphatic carbocycles. The minimum absolute atomic E-state index is 0.0500. The molecule has 1 fully saturated rings. The highest BCUT2D eigenvalue weighted by Gasteiger charge is 2.37. The number of aromatic nitrogens is 5. The second kappa shape index (κ2) is 11.7. The lowest BCUT2D eigenvalue weighted by molar-refractivity contribution is -0.136. The van der Waals surface area contributed by atoms with E-state index in [1.54, 1.807) is 24.8 Å². The number of amides is 1. The molecule has 2 aliphatic heterocycles. The third-order valence-electron chi connectivity index (χ3n) is 9.33. The van der Waals surface area contributed by atoms with Gasteiger partial charge in [0.25, 0.3) is 5.91 Å². The zero-order chi connectivity index (χ0) is 31.3. The molecule has 45 heavy (non-hydrogen) atoms. The standard InChI is InChI=1S/C33H34F3N7OS/c1-3-41-14-10-22(11-15-41)21-6-8-23(9-7-21)24-17-26(33(34,35)36)25-18-43(40-28(25)20(24)2)30(31(44)39-32-37-12-16-45-32)29-27-5-4-13-42(27)19-38-29/h6-9,12,16-19,22,30H,3-5,10-11,13-15H2,1-2H3,(H,37,39,44). The number of carbonyl (C=O) groups excluding carboxylic acids is 1. The second-order valence-electron chi connectivity index (χ2n) is 11.9. The van der Waals surface area contributed by atoms with Gasteiger partial charge in [-0.15, -0.1) is 11.3 Å². The molecule has 0 bridgehead atoms. The number of piperidine rings is 1. The van der Waals surface area contributed by atoms with Crippen molar-refractivity contribution in [3.63, 3.8) is 0 Å². The third-order valence-corrected chi connectivity index (χ3v) is 10.0. The molecule has 8 nitrogen and oxygen atoms in total. The Morgan fingerprint density at radius 3 is 2.60 bits per heavy atom. The van der Waals surface area contributed by atoms with Gasteiger partial charge in [0.2, 0.25) is 0 Å². The number of hydrogen-bond acceptors (Lipinski definition) is 6. The number of thiazole rings is 1. The first kappa shape index (κ1) is 29.7. The van der Waals surface area contributed by atoms with Gasteiger partial charge >= 0.3 is 6.18 Å². The predicted molar refractivity (Wildman–Crippen MR) is 168 cm³/mol. The van der Waals surface area contributed by atoms with Crippen LogP contribution in [-0.4, -0.2) is 54.8 Å². The highest BCUT2D eigenvalue weighted by Crippen LogP contribution is 2.41. The first-order valence-corrected chi connectivity index (χ1v) is 16.3. The Kier molecular flexibility index (Phi) is 7.73. The summed E-state index contributed by atoms with van der Waals surface area (Å²) in [5.41, 5.74) is 3.82. The van der Waals surface area contributed by atoms with E-state index in [9.17, 15) is 18.0 Å². The smallest absolute Gasteiger partial charge is 0.334 e. The fourth-order valence-electron chi connectivity index (χ4n) is 6.87.